The average Bonchev–Trinajstić information content (AvgIpc) is 3.61. The van der Waals surface area contributed by atoms with Crippen molar-refractivity contribution in [1.29, 1.82) is 5.26 Å². The number of rotatable bonds is 4. The molecule has 4 aromatic rings. The summed E-state index contributed by atoms with van der Waals surface area (Å²) in [7, 11) is 0. The maximum Gasteiger partial charge on any atom is 0.307 e. The van der Waals surface area contributed by atoms with Crippen molar-refractivity contribution in [2.45, 2.75) is 25.3 Å². The van der Waals surface area contributed by atoms with Gasteiger partial charge in [0.25, 0.3) is 0 Å². The lowest BCUT2D eigenvalue weighted by Crippen LogP contribution is -2.26. The Hall–Kier alpha value is -3.66. The average molecular weight is 484 g/mol. The van der Waals surface area contributed by atoms with Crippen molar-refractivity contribution in [3.63, 3.8) is 0 Å². The molecule has 1 aromatic heterocycles. The van der Waals surface area contributed by atoms with Gasteiger partial charge in [0.05, 0.1) is 16.5 Å². The van der Waals surface area contributed by atoms with Crippen LogP contribution in [0, 0.1) is 17.2 Å². The van der Waals surface area contributed by atoms with Crippen molar-refractivity contribution < 1.29 is 14.3 Å². The minimum atomic E-state index is -0.741. The first-order valence-corrected chi connectivity index (χ1v) is 12.1. The van der Waals surface area contributed by atoms with Crippen molar-refractivity contribution in [2.75, 3.05) is 13.1 Å². The number of halogens is 1. The number of carbonyl (C=O) groups is 1. The quantitative estimate of drug-likeness (QED) is 0.378. The fourth-order valence-corrected chi connectivity index (χ4v) is 5.87. The lowest BCUT2D eigenvalue weighted by Gasteiger charge is -2.24. The zero-order valence-corrected chi connectivity index (χ0v) is 19.6. The molecule has 0 bridgehead atoms. The van der Waals surface area contributed by atoms with Crippen LogP contribution in [0.25, 0.3) is 33.7 Å². The van der Waals surface area contributed by atoms with Crippen LogP contribution in [0.4, 0.5) is 0 Å². The van der Waals surface area contributed by atoms with Crippen LogP contribution < -0.4 is 0 Å². The summed E-state index contributed by atoms with van der Waals surface area (Å²) in [5.74, 6) is -0.697. The van der Waals surface area contributed by atoms with E-state index in [4.69, 9.17) is 21.0 Å². The third-order valence-corrected chi connectivity index (χ3v) is 7.69. The zero-order chi connectivity index (χ0) is 24.1. The zero-order valence-electron chi connectivity index (χ0n) is 18.9. The molecule has 3 aromatic carbocycles. The van der Waals surface area contributed by atoms with E-state index in [-0.39, 0.29) is 12.0 Å². The first-order valence-electron chi connectivity index (χ1n) is 11.7. The molecule has 174 valence electrons. The molecule has 0 amide bonds. The summed E-state index contributed by atoms with van der Waals surface area (Å²) >= 11 is 6.81. The van der Waals surface area contributed by atoms with E-state index in [2.05, 4.69) is 11.0 Å². The molecule has 1 aliphatic carbocycles. The number of oxazole rings is 1. The molecular formula is C28H22ClN3O3. The number of nitrogens with zero attached hydrogens (tertiary/aromatic N) is 3. The smallest absolute Gasteiger partial charge is 0.307 e. The maximum absolute atomic E-state index is 11.5. The van der Waals surface area contributed by atoms with Crippen LogP contribution in [0.5, 0.6) is 0 Å². The molecular weight excluding hydrogens is 462 g/mol. The Morgan fingerprint density at radius 1 is 1.14 bits per heavy atom. The van der Waals surface area contributed by atoms with Crippen LogP contribution in [0.1, 0.15) is 35.6 Å². The van der Waals surface area contributed by atoms with Gasteiger partial charge in [0.1, 0.15) is 17.1 Å². The summed E-state index contributed by atoms with van der Waals surface area (Å²) in [6, 6.07) is 20.1. The minimum absolute atomic E-state index is 0.0935. The first kappa shape index (κ1) is 21.8. The topological polar surface area (TPSA) is 90.4 Å². The SMILES string of the molecule is N#Cc1c2c(cc3nc(-c4cccc(-c5ccccc5)c4Cl)oc13)[C@H](N1CC[C@@H](C(=O)O)C1)CC2. The van der Waals surface area contributed by atoms with E-state index in [0.717, 1.165) is 41.6 Å². The highest BCUT2D eigenvalue weighted by Gasteiger charge is 2.37. The van der Waals surface area contributed by atoms with Crippen LogP contribution in [0.15, 0.2) is 59.0 Å². The van der Waals surface area contributed by atoms with Crippen molar-refractivity contribution in [1.82, 2.24) is 9.88 Å². The predicted molar refractivity (Wildman–Crippen MR) is 133 cm³/mol. The van der Waals surface area contributed by atoms with Gasteiger partial charge in [-0.1, -0.05) is 54.1 Å². The molecule has 7 heteroatoms. The summed E-state index contributed by atoms with van der Waals surface area (Å²) in [5, 5.41) is 20.0. The van der Waals surface area contributed by atoms with E-state index in [9.17, 15) is 15.2 Å². The Labute approximate surface area is 207 Å². The summed E-state index contributed by atoms with van der Waals surface area (Å²) < 4.78 is 6.17. The number of carboxylic acids is 1. The molecule has 2 heterocycles. The molecule has 35 heavy (non-hydrogen) atoms. The van der Waals surface area contributed by atoms with Gasteiger partial charge in [0, 0.05) is 18.2 Å². The molecule has 1 fully saturated rings. The van der Waals surface area contributed by atoms with Gasteiger partial charge in [-0.25, -0.2) is 4.98 Å². The molecule has 1 aliphatic heterocycles. The van der Waals surface area contributed by atoms with Gasteiger partial charge in [-0.3, -0.25) is 9.69 Å². The summed E-state index contributed by atoms with van der Waals surface area (Å²) in [5.41, 5.74) is 6.22. The van der Waals surface area contributed by atoms with Crippen molar-refractivity contribution >= 4 is 28.7 Å². The standard InChI is InChI=1S/C28H22ClN3O3/c29-25-18(16-5-2-1-3-6-16)7-4-8-20(25)27-31-23-13-21-19(22(14-30)26(23)35-27)9-10-24(21)32-12-11-17(15-32)28(33)34/h1-8,13,17,24H,9-12,15H2,(H,33,34)/t17-,24-/m1/s1. The Kier molecular flexibility index (Phi) is 5.32. The molecule has 0 radical (unpaired) electrons. The normalized spacial score (nSPS) is 19.7. The van der Waals surface area contributed by atoms with Gasteiger partial charge in [0.2, 0.25) is 5.89 Å². The lowest BCUT2D eigenvalue weighted by molar-refractivity contribution is -0.141. The Morgan fingerprint density at radius 2 is 1.94 bits per heavy atom. The van der Waals surface area contributed by atoms with Crippen molar-refractivity contribution in [3.05, 3.63) is 76.3 Å². The number of hydrogen-bond donors (Lipinski definition) is 1. The Balaban J connectivity index is 1.43. The molecule has 0 spiro atoms. The minimum Gasteiger partial charge on any atom is -0.481 e. The van der Waals surface area contributed by atoms with Crippen LogP contribution in [-0.2, 0) is 11.2 Å². The van der Waals surface area contributed by atoms with Crippen LogP contribution in [-0.4, -0.2) is 34.0 Å². The van der Waals surface area contributed by atoms with Crippen LogP contribution in [0.3, 0.4) is 0 Å². The second kappa shape index (κ2) is 8.53. The molecule has 2 aliphatic rings. The van der Waals surface area contributed by atoms with Crippen LogP contribution in [0.2, 0.25) is 5.02 Å². The van der Waals surface area contributed by atoms with Gasteiger partial charge in [-0.05, 0) is 54.6 Å². The molecule has 1 saturated heterocycles. The highest BCUT2D eigenvalue weighted by Crippen LogP contribution is 2.44. The summed E-state index contributed by atoms with van der Waals surface area (Å²) in [6.07, 6.45) is 2.27. The van der Waals surface area contributed by atoms with Crippen LogP contribution >= 0.6 is 11.6 Å². The lowest BCUT2D eigenvalue weighted by atomic mass is 10.0. The van der Waals surface area contributed by atoms with Gasteiger partial charge >= 0.3 is 5.97 Å². The van der Waals surface area contributed by atoms with E-state index >= 15 is 0 Å². The van der Waals surface area contributed by atoms with Crippen molar-refractivity contribution in [2.24, 2.45) is 5.92 Å². The van der Waals surface area contributed by atoms with Gasteiger partial charge in [0.15, 0.2) is 5.58 Å². The third kappa shape index (κ3) is 3.59. The number of likely N-dealkylation sites (tertiary alicyclic amines) is 1. The first-order chi connectivity index (χ1) is 17.0. The number of aliphatic carboxylic acids is 1. The Morgan fingerprint density at radius 3 is 2.69 bits per heavy atom. The molecule has 1 N–H and O–H groups in total. The fourth-order valence-electron chi connectivity index (χ4n) is 5.55. The number of aromatic nitrogens is 1. The molecule has 0 unspecified atom stereocenters. The molecule has 2 atom stereocenters. The maximum atomic E-state index is 11.5. The molecule has 6 nitrogen and oxygen atoms in total. The van der Waals surface area contributed by atoms with E-state index in [0.29, 0.717) is 46.1 Å². The predicted octanol–water partition coefficient (Wildman–Crippen LogP) is 6.08. The second-order valence-corrected chi connectivity index (χ2v) is 9.58. The van der Waals surface area contributed by atoms with Crippen molar-refractivity contribution in [3.8, 4) is 28.7 Å². The number of hydrogen-bond acceptors (Lipinski definition) is 5. The molecule has 6 rings (SSSR count). The van der Waals surface area contributed by atoms with Gasteiger partial charge < -0.3 is 9.52 Å². The number of nitriles is 1. The highest BCUT2D eigenvalue weighted by atomic mass is 35.5. The van der Waals surface area contributed by atoms with Gasteiger partial charge in [-0.15, -0.1) is 0 Å². The van der Waals surface area contributed by atoms with E-state index in [1.165, 1.54) is 0 Å². The fraction of sp³-hybridized carbons (Fsp3) is 0.250. The summed E-state index contributed by atoms with van der Waals surface area (Å²) in [4.78, 5) is 18.4. The van der Waals surface area contributed by atoms with Gasteiger partial charge in [-0.2, -0.15) is 5.26 Å². The number of carboxylic acid groups (broad SMARTS) is 1. The molecule has 0 saturated carbocycles. The third-order valence-electron chi connectivity index (χ3n) is 7.29. The largest absolute Gasteiger partial charge is 0.481 e. The summed E-state index contributed by atoms with van der Waals surface area (Å²) in [6.45, 7) is 1.28. The number of benzene rings is 3. The van der Waals surface area contributed by atoms with E-state index in [1.807, 2.05) is 54.6 Å². The number of fused-ring (bicyclic) bond motifs is 2. The monoisotopic (exact) mass is 483 g/mol. The van der Waals surface area contributed by atoms with E-state index in [1.54, 1.807) is 0 Å². The Bertz CT molecular complexity index is 1510. The highest BCUT2D eigenvalue weighted by molar-refractivity contribution is 6.36. The second-order valence-electron chi connectivity index (χ2n) is 9.20. The van der Waals surface area contributed by atoms with E-state index < -0.39 is 5.97 Å².